The quantitative estimate of drug-likeness (QED) is 0.400. The van der Waals surface area contributed by atoms with Crippen LogP contribution >= 0.6 is 0 Å². The summed E-state index contributed by atoms with van der Waals surface area (Å²) in [6.07, 6.45) is -1.43. The maximum atomic E-state index is 11.9. The molecule has 0 aliphatic carbocycles. The fraction of sp³-hybridized carbons (Fsp3) is 0.407. The van der Waals surface area contributed by atoms with Crippen LogP contribution in [0.3, 0.4) is 0 Å². The lowest BCUT2D eigenvalue weighted by Crippen LogP contribution is -2.48. The first-order valence-corrected chi connectivity index (χ1v) is 11.8. The zero-order chi connectivity index (χ0) is 26.0. The van der Waals surface area contributed by atoms with E-state index in [9.17, 15) is 14.4 Å². The molecule has 1 fully saturated rings. The molecular weight excluding hydrogens is 464 g/mol. The third kappa shape index (κ3) is 5.26. The summed E-state index contributed by atoms with van der Waals surface area (Å²) in [5, 5.41) is 0. The van der Waals surface area contributed by atoms with E-state index in [0.29, 0.717) is 22.4 Å². The van der Waals surface area contributed by atoms with Crippen LogP contribution in [0.5, 0.6) is 0 Å². The van der Waals surface area contributed by atoms with Crippen molar-refractivity contribution in [2.45, 2.75) is 46.0 Å². The topological polar surface area (TPSA) is 117 Å². The molecule has 2 heterocycles. The van der Waals surface area contributed by atoms with E-state index in [1.165, 1.54) is 21.0 Å². The second-order valence-electron chi connectivity index (χ2n) is 9.12. The van der Waals surface area contributed by atoms with Crippen molar-refractivity contribution < 1.29 is 33.3 Å². The summed E-state index contributed by atoms with van der Waals surface area (Å²) < 4.78 is 22.1. The third-order valence-electron chi connectivity index (χ3n) is 6.70. The predicted molar refractivity (Wildman–Crippen MR) is 131 cm³/mol. The van der Waals surface area contributed by atoms with Crippen LogP contribution in [0, 0.1) is 11.8 Å². The number of imidazole rings is 1. The molecule has 1 aromatic heterocycles. The zero-order valence-electron chi connectivity index (χ0n) is 20.9. The Bertz CT molecular complexity index is 1280. The fourth-order valence-corrected chi connectivity index (χ4v) is 4.58. The predicted octanol–water partition coefficient (Wildman–Crippen LogP) is 4.22. The summed E-state index contributed by atoms with van der Waals surface area (Å²) in [4.78, 5) is 43.1. The van der Waals surface area contributed by atoms with Crippen molar-refractivity contribution in [1.29, 1.82) is 0 Å². The van der Waals surface area contributed by atoms with Crippen molar-refractivity contribution in [3.05, 3.63) is 53.6 Å². The lowest BCUT2D eigenvalue weighted by Gasteiger charge is -2.44. The van der Waals surface area contributed by atoms with E-state index in [2.05, 4.69) is 9.97 Å². The minimum Gasteiger partial charge on any atom is -0.465 e. The maximum Gasteiger partial charge on any atom is 0.337 e. The molecule has 0 radical (unpaired) electrons. The second-order valence-corrected chi connectivity index (χ2v) is 9.12. The number of fused-ring (bicyclic) bond motifs is 1. The van der Waals surface area contributed by atoms with Crippen molar-refractivity contribution in [3.63, 3.8) is 0 Å². The van der Waals surface area contributed by atoms with Gasteiger partial charge in [-0.05, 0) is 35.7 Å². The Kier molecular flexibility index (Phi) is 7.40. The molecule has 0 bridgehead atoms. The molecule has 3 aromatic rings. The maximum absolute atomic E-state index is 11.9. The molecule has 1 saturated heterocycles. The third-order valence-corrected chi connectivity index (χ3v) is 6.70. The molecule has 1 aliphatic rings. The lowest BCUT2D eigenvalue weighted by atomic mass is 9.79. The van der Waals surface area contributed by atoms with Crippen molar-refractivity contribution in [1.82, 2.24) is 9.97 Å². The average molecular weight is 495 g/mol. The highest BCUT2D eigenvalue weighted by Gasteiger charge is 2.44. The van der Waals surface area contributed by atoms with Gasteiger partial charge in [0.1, 0.15) is 24.6 Å². The Balaban J connectivity index is 1.68. The van der Waals surface area contributed by atoms with Crippen LogP contribution in [0.1, 0.15) is 49.7 Å². The van der Waals surface area contributed by atoms with Crippen LogP contribution in [0.2, 0.25) is 0 Å². The number of hydrogen-bond donors (Lipinski definition) is 1. The molecule has 36 heavy (non-hydrogen) atoms. The number of H-pyrrole nitrogens is 1. The number of rotatable bonds is 6. The molecule has 0 saturated carbocycles. The Morgan fingerprint density at radius 2 is 1.81 bits per heavy atom. The Morgan fingerprint density at radius 1 is 1.03 bits per heavy atom. The molecule has 190 valence electrons. The Hall–Kier alpha value is -3.72. The molecule has 1 aliphatic heterocycles. The van der Waals surface area contributed by atoms with Gasteiger partial charge < -0.3 is 23.9 Å². The number of ether oxygens (including phenoxy) is 4. The Morgan fingerprint density at radius 3 is 2.50 bits per heavy atom. The number of esters is 3. The van der Waals surface area contributed by atoms with E-state index in [1.807, 2.05) is 38.1 Å². The SMILES string of the molecule is COC(=O)c1ccc2nc(-c3cccc([C@H]4O[C@H](COC(C)=O)[C@@H](C)[C@H](C)[C@@H]4OC(C)=O)c3)[nH]c2c1. The highest BCUT2D eigenvalue weighted by Crippen LogP contribution is 2.41. The van der Waals surface area contributed by atoms with Gasteiger partial charge in [0.25, 0.3) is 0 Å². The van der Waals surface area contributed by atoms with Gasteiger partial charge in [-0.15, -0.1) is 0 Å². The van der Waals surface area contributed by atoms with Gasteiger partial charge in [0, 0.05) is 25.3 Å². The number of nitrogens with one attached hydrogen (secondary N) is 1. The molecule has 2 aromatic carbocycles. The largest absolute Gasteiger partial charge is 0.465 e. The van der Waals surface area contributed by atoms with E-state index in [-0.39, 0.29) is 36.5 Å². The second kappa shape index (κ2) is 10.5. The van der Waals surface area contributed by atoms with Crippen LogP contribution in [0.4, 0.5) is 0 Å². The molecule has 9 heteroatoms. The minimum atomic E-state index is -0.559. The normalized spacial score (nSPS) is 23.8. The first-order chi connectivity index (χ1) is 17.2. The van der Waals surface area contributed by atoms with Crippen molar-refractivity contribution in [2.75, 3.05) is 13.7 Å². The van der Waals surface area contributed by atoms with E-state index in [0.717, 1.165) is 11.1 Å². The number of benzene rings is 2. The summed E-state index contributed by atoms with van der Waals surface area (Å²) in [6, 6.07) is 12.8. The van der Waals surface area contributed by atoms with Gasteiger partial charge in [-0.1, -0.05) is 32.0 Å². The highest BCUT2D eigenvalue weighted by molar-refractivity contribution is 5.94. The van der Waals surface area contributed by atoms with Crippen LogP contribution in [-0.2, 0) is 28.5 Å². The molecule has 5 atom stereocenters. The van der Waals surface area contributed by atoms with Crippen molar-refractivity contribution in [2.24, 2.45) is 11.8 Å². The summed E-state index contributed by atoms with van der Waals surface area (Å²) in [7, 11) is 1.34. The summed E-state index contributed by atoms with van der Waals surface area (Å²) in [5.74, 6) is -0.619. The van der Waals surface area contributed by atoms with Crippen molar-refractivity contribution >= 4 is 28.9 Å². The summed E-state index contributed by atoms with van der Waals surface area (Å²) >= 11 is 0. The van der Waals surface area contributed by atoms with Crippen molar-refractivity contribution in [3.8, 4) is 11.4 Å². The highest BCUT2D eigenvalue weighted by atomic mass is 16.6. The molecule has 0 amide bonds. The molecular formula is C27H30N2O7. The van der Waals surface area contributed by atoms with Gasteiger partial charge >= 0.3 is 17.9 Å². The van der Waals surface area contributed by atoms with Gasteiger partial charge in [0.15, 0.2) is 0 Å². The number of methoxy groups -OCH3 is 1. The first kappa shape index (κ1) is 25.4. The number of aromatic nitrogens is 2. The number of hydrogen-bond acceptors (Lipinski definition) is 8. The lowest BCUT2D eigenvalue weighted by molar-refractivity contribution is -0.205. The molecule has 0 spiro atoms. The van der Waals surface area contributed by atoms with E-state index in [4.69, 9.17) is 18.9 Å². The van der Waals surface area contributed by atoms with Crippen LogP contribution in [-0.4, -0.2) is 53.8 Å². The van der Waals surface area contributed by atoms with E-state index < -0.39 is 18.2 Å². The molecule has 0 unspecified atom stereocenters. The van der Waals surface area contributed by atoms with Gasteiger partial charge in [-0.25, -0.2) is 9.78 Å². The van der Waals surface area contributed by atoms with Gasteiger partial charge in [0.2, 0.25) is 0 Å². The number of carbonyl (C=O) groups is 3. The average Bonchev–Trinajstić information content (AvgIpc) is 3.29. The van der Waals surface area contributed by atoms with E-state index >= 15 is 0 Å². The number of carbonyl (C=O) groups excluding carboxylic acids is 3. The smallest absolute Gasteiger partial charge is 0.337 e. The standard InChI is InChI=1S/C27H30N2O7/c1-14-15(2)24(35-17(4)31)25(36-23(14)13-34-16(3)30)18-7-6-8-19(11-18)26-28-21-10-9-20(27(32)33-5)12-22(21)29-26/h6-12,14-15,23-25H,13H2,1-5H3,(H,28,29)/t14-,15-,23+,24-,25+/m0/s1. The monoisotopic (exact) mass is 494 g/mol. The van der Waals surface area contributed by atoms with Gasteiger partial charge in [-0.2, -0.15) is 0 Å². The Labute approximate surface area is 209 Å². The van der Waals surface area contributed by atoms with E-state index in [1.54, 1.807) is 18.2 Å². The van der Waals surface area contributed by atoms with Gasteiger partial charge in [-0.3, -0.25) is 9.59 Å². The van der Waals surface area contributed by atoms with Crippen LogP contribution in [0.15, 0.2) is 42.5 Å². The molecule has 1 N–H and O–H groups in total. The fourth-order valence-electron chi connectivity index (χ4n) is 4.58. The van der Waals surface area contributed by atoms with Gasteiger partial charge in [0.05, 0.1) is 29.8 Å². The molecule has 4 rings (SSSR count). The summed E-state index contributed by atoms with van der Waals surface area (Å²) in [6.45, 7) is 6.87. The number of nitrogens with zero attached hydrogens (tertiary/aromatic N) is 1. The minimum absolute atomic E-state index is 0.00693. The van der Waals surface area contributed by atoms with Crippen LogP contribution < -0.4 is 0 Å². The molecule has 9 nitrogen and oxygen atoms in total. The zero-order valence-corrected chi connectivity index (χ0v) is 20.9. The first-order valence-electron chi connectivity index (χ1n) is 11.8. The summed E-state index contributed by atoms with van der Waals surface area (Å²) in [5.41, 5.74) is 3.44. The van der Waals surface area contributed by atoms with Crippen LogP contribution in [0.25, 0.3) is 22.4 Å². The number of aromatic amines is 1.